The minimum atomic E-state index is -0.514. The Balaban J connectivity index is 1.69. The van der Waals surface area contributed by atoms with Crippen LogP contribution in [-0.2, 0) is 4.79 Å². The molecule has 3 rings (SSSR count). The summed E-state index contributed by atoms with van der Waals surface area (Å²) in [7, 11) is 0. The van der Waals surface area contributed by atoms with Gasteiger partial charge in [-0.1, -0.05) is 12.2 Å². The van der Waals surface area contributed by atoms with Crippen molar-refractivity contribution in [3.63, 3.8) is 0 Å². The first-order valence-corrected chi connectivity index (χ1v) is 7.91. The molecule has 0 aromatic carbocycles. The van der Waals surface area contributed by atoms with Gasteiger partial charge in [0.1, 0.15) is 5.69 Å². The molecule has 1 aliphatic carbocycles. The number of hydrogen-bond acceptors (Lipinski definition) is 4. The lowest BCUT2D eigenvalue weighted by Crippen LogP contribution is -2.23. The molecule has 22 heavy (non-hydrogen) atoms. The van der Waals surface area contributed by atoms with Crippen molar-refractivity contribution in [2.24, 2.45) is 11.7 Å². The van der Waals surface area contributed by atoms with Crippen molar-refractivity contribution in [1.82, 2.24) is 9.97 Å². The van der Waals surface area contributed by atoms with E-state index in [4.69, 9.17) is 5.73 Å². The van der Waals surface area contributed by atoms with Gasteiger partial charge in [0, 0.05) is 23.1 Å². The van der Waals surface area contributed by atoms with E-state index in [1.54, 1.807) is 12.3 Å². The van der Waals surface area contributed by atoms with Crippen LogP contribution in [-0.4, -0.2) is 21.8 Å². The van der Waals surface area contributed by atoms with Crippen LogP contribution in [0.15, 0.2) is 29.8 Å². The summed E-state index contributed by atoms with van der Waals surface area (Å²) >= 11 is 1.36. The van der Waals surface area contributed by atoms with Gasteiger partial charge in [0.15, 0.2) is 5.13 Å². The number of nitrogens with one attached hydrogen (secondary N) is 2. The standard InChI is InChI=1S/C15H16N4O2S/c16-13(20)11-6-10(7-17-11)12-8-22-15(18-12)19-14(21)9-4-2-1-3-5-9/h1-2,6-9,17H,3-5H2,(H2,16,20)(H,18,19,21)/t9-/m1/s1. The first-order valence-electron chi connectivity index (χ1n) is 7.03. The third kappa shape index (κ3) is 3.09. The van der Waals surface area contributed by atoms with Crippen LogP contribution in [0.25, 0.3) is 11.3 Å². The minimum absolute atomic E-state index is 0.0112. The third-order valence-corrected chi connectivity index (χ3v) is 4.38. The molecule has 2 amide bonds. The smallest absolute Gasteiger partial charge is 0.265 e. The molecule has 2 heterocycles. The molecule has 0 aliphatic heterocycles. The highest BCUT2D eigenvalue weighted by Gasteiger charge is 2.20. The summed E-state index contributed by atoms with van der Waals surface area (Å²) in [5, 5.41) is 5.27. The zero-order valence-electron chi connectivity index (χ0n) is 11.8. The summed E-state index contributed by atoms with van der Waals surface area (Å²) < 4.78 is 0. The number of amides is 2. The number of primary amides is 1. The molecular formula is C15H16N4O2S. The summed E-state index contributed by atoms with van der Waals surface area (Å²) in [6.07, 6.45) is 8.43. The molecule has 6 nitrogen and oxygen atoms in total. The zero-order chi connectivity index (χ0) is 15.5. The SMILES string of the molecule is NC(=O)c1cc(-c2csc(NC(=O)[C@@H]3CC=CCC3)n2)c[nH]1. The Morgan fingerprint density at radius 1 is 1.41 bits per heavy atom. The Morgan fingerprint density at radius 3 is 2.95 bits per heavy atom. The number of H-pyrrole nitrogens is 1. The van der Waals surface area contributed by atoms with Crippen LogP contribution in [0.1, 0.15) is 29.8 Å². The molecule has 1 aliphatic rings. The number of rotatable bonds is 4. The number of hydrogen-bond donors (Lipinski definition) is 3. The Labute approximate surface area is 131 Å². The van der Waals surface area contributed by atoms with E-state index in [9.17, 15) is 9.59 Å². The lowest BCUT2D eigenvalue weighted by atomic mass is 9.94. The first kappa shape index (κ1) is 14.5. The van der Waals surface area contributed by atoms with Crippen molar-refractivity contribution >= 4 is 28.3 Å². The number of aromatic amines is 1. The molecule has 0 saturated carbocycles. The van der Waals surface area contributed by atoms with E-state index in [0.29, 0.717) is 16.5 Å². The second kappa shape index (κ2) is 6.15. The van der Waals surface area contributed by atoms with Crippen LogP contribution in [0.5, 0.6) is 0 Å². The number of aromatic nitrogens is 2. The van der Waals surface area contributed by atoms with E-state index in [-0.39, 0.29) is 11.8 Å². The monoisotopic (exact) mass is 316 g/mol. The topological polar surface area (TPSA) is 101 Å². The van der Waals surface area contributed by atoms with Gasteiger partial charge in [-0.25, -0.2) is 4.98 Å². The molecule has 0 radical (unpaired) electrons. The van der Waals surface area contributed by atoms with Gasteiger partial charge in [-0.05, 0) is 25.3 Å². The van der Waals surface area contributed by atoms with E-state index in [0.717, 1.165) is 24.8 Å². The van der Waals surface area contributed by atoms with E-state index >= 15 is 0 Å². The Hall–Kier alpha value is -2.41. The van der Waals surface area contributed by atoms with Gasteiger partial charge in [-0.15, -0.1) is 11.3 Å². The summed E-state index contributed by atoms with van der Waals surface area (Å²) in [5.74, 6) is -0.483. The summed E-state index contributed by atoms with van der Waals surface area (Å²) in [4.78, 5) is 30.4. The molecule has 0 fully saturated rings. The number of anilines is 1. The molecule has 7 heteroatoms. The predicted molar refractivity (Wildman–Crippen MR) is 85.5 cm³/mol. The normalized spacial score (nSPS) is 17.4. The maximum absolute atomic E-state index is 12.2. The van der Waals surface area contributed by atoms with Crippen LogP contribution in [0, 0.1) is 5.92 Å². The fraction of sp³-hybridized carbons (Fsp3) is 0.267. The van der Waals surface area contributed by atoms with Crippen LogP contribution in [0.3, 0.4) is 0 Å². The fourth-order valence-electron chi connectivity index (χ4n) is 2.39. The molecular weight excluding hydrogens is 300 g/mol. The average Bonchev–Trinajstić information content (AvgIpc) is 3.16. The van der Waals surface area contributed by atoms with E-state index in [1.165, 1.54) is 11.3 Å². The number of thiazole rings is 1. The number of nitrogens with two attached hydrogens (primary N) is 1. The second-order valence-electron chi connectivity index (χ2n) is 5.17. The first-order chi connectivity index (χ1) is 10.6. The van der Waals surface area contributed by atoms with E-state index < -0.39 is 5.91 Å². The molecule has 4 N–H and O–H groups in total. The molecule has 1 atom stereocenters. The highest BCUT2D eigenvalue weighted by Crippen LogP contribution is 2.27. The lowest BCUT2D eigenvalue weighted by molar-refractivity contribution is -0.120. The van der Waals surface area contributed by atoms with Crippen molar-refractivity contribution in [3.05, 3.63) is 35.5 Å². The predicted octanol–water partition coefficient (Wildman–Crippen LogP) is 2.53. The highest BCUT2D eigenvalue weighted by atomic mass is 32.1. The Kier molecular flexibility index (Phi) is 4.06. The van der Waals surface area contributed by atoms with Gasteiger partial charge >= 0.3 is 0 Å². The number of nitrogens with zero attached hydrogens (tertiary/aromatic N) is 1. The fourth-order valence-corrected chi connectivity index (χ4v) is 3.11. The molecule has 0 spiro atoms. The van der Waals surface area contributed by atoms with Crippen LogP contribution < -0.4 is 11.1 Å². The van der Waals surface area contributed by atoms with Gasteiger partial charge in [0.05, 0.1) is 5.69 Å². The van der Waals surface area contributed by atoms with Crippen LogP contribution in [0.4, 0.5) is 5.13 Å². The van der Waals surface area contributed by atoms with Gasteiger partial charge < -0.3 is 16.0 Å². The van der Waals surface area contributed by atoms with Gasteiger partial charge in [-0.2, -0.15) is 0 Å². The Bertz CT molecular complexity index is 731. The molecule has 2 aromatic heterocycles. The Morgan fingerprint density at radius 2 is 2.27 bits per heavy atom. The summed E-state index contributed by atoms with van der Waals surface area (Å²) in [6.45, 7) is 0. The van der Waals surface area contributed by atoms with Crippen LogP contribution >= 0.6 is 11.3 Å². The molecule has 0 unspecified atom stereocenters. The van der Waals surface area contributed by atoms with Crippen molar-refractivity contribution in [2.75, 3.05) is 5.32 Å². The quantitative estimate of drug-likeness (QED) is 0.755. The second-order valence-corrected chi connectivity index (χ2v) is 6.03. The summed E-state index contributed by atoms with van der Waals surface area (Å²) in [5.41, 5.74) is 7.02. The van der Waals surface area contributed by atoms with Gasteiger partial charge in [0.2, 0.25) is 5.91 Å². The molecule has 0 saturated heterocycles. The van der Waals surface area contributed by atoms with Crippen molar-refractivity contribution in [3.8, 4) is 11.3 Å². The molecule has 114 valence electrons. The van der Waals surface area contributed by atoms with Crippen molar-refractivity contribution in [1.29, 1.82) is 0 Å². The average molecular weight is 316 g/mol. The van der Waals surface area contributed by atoms with Crippen molar-refractivity contribution < 1.29 is 9.59 Å². The highest BCUT2D eigenvalue weighted by molar-refractivity contribution is 7.14. The van der Waals surface area contributed by atoms with E-state index in [2.05, 4.69) is 21.4 Å². The third-order valence-electron chi connectivity index (χ3n) is 3.62. The van der Waals surface area contributed by atoms with Crippen LogP contribution in [0.2, 0.25) is 0 Å². The molecule has 2 aromatic rings. The zero-order valence-corrected chi connectivity index (χ0v) is 12.7. The summed E-state index contributed by atoms with van der Waals surface area (Å²) in [6, 6.07) is 1.65. The van der Waals surface area contributed by atoms with Crippen molar-refractivity contribution in [2.45, 2.75) is 19.3 Å². The maximum atomic E-state index is 12.2. The van der Waals surface area contributed by atoms with E-state index in [1.807, 2.05) is 11.5 Å². The maximum Gasteiger partial charge on any atom is 0.265 e. The lowest BCUT2D eigenvalue weighted by Gasteiger charge is -2.15. The van der Waals surface area contributed by atoms with Gasteiger partial charge in [0.25, 0.3) is 5.91 Å². The number of allylic oxidation sites excluding steroid dienone is 2. The van der Waals surface area contributed by atoms with Gasteiger partial charge in [-0.3, -0.25) is 9.59 Å². The number of carbonyl (C=O) groups excluding carboxylic acids is 2. The number of carbonyl (C=O) groups is 2. The minimum Gasteiger partial charge on any atom is -0.364 e. The molecule has 0 bridgehead atoms. The largest absolute Gasteiger partial charge is 0.364 e.